The molecule has 2 heterocycles. The van der Waals surface area contributed by atoms with Crippen molar-refractivity contribution in [2.45, 2.75) is 65.0 Å². The number of hydrogen-bond acceptors (Lipinski definition) is 4. The molecule has 2 rings (SSSR count). The fourth-order valence-corrected chi connectivity index (χ4v) is 2.88. The van der Waals surface area contributed by atoms with Crippen LogP contribution in [0, 0.1) is 0 Å². The molecule has 0 spiro atoms. The van der Waals surface area contributed by atoms with Crippen molar-refractivity contribution in [3.05, 3.63) is 18.1 Å². The van der Waals surface area contributed by atoms with E-state index in [0.29, 0.717) is 12.1 Å². The summed E-state index contributed by atoms with van der Waals surface area (Å²) in [6.07, 6.45) is 4.32. The molecule has 1 aromatic rings. The Balaban J connectivity index is 2.06. The van der Waals surface area contributed by atoms with E-state index in [1.165, 1.54) is 25.9 Å². The van der Waals surface area contributed by atoms with Gasteiger partial charge in [-0.05, 0) is 32.8 Å². The zero-order chi connectivity index (χ0) is 15.6. The molecular formula is C17H30N4. The maximum atomic E-state index is 4.77. The first kappa shape index (κ1) is 16.2. The highest BCUT2D eigenvalue weighted by Crippen LogP contribution is 2.24. The second-order valence-corrected chi connectivity index (χ2v) is 7.46. The molecule has 0 bridgehead atoms. The third kappa shape index (κ3) is 3.94. The van der Waals surface area contributed by atoms with E-state index in [9.17, 15) is 0 Å². The highest BCUT2D eigenvalue weighted by Gasteiger charge is 2.25. The third-order valence-electron chi connectivity index (χ3n) is 4.45. The molecule has 0 amide bonds. The predicted octanol–water partition coefficient (Wildman–Crippen LogP) is 3.08. The molecular weight excluding hydrogens is 260 g/mol. The quantitative estimate of drug-likeness (QED) is 0.856. The Morgan fingerprint density at radius 3 is 2.38 bits per heavy atom. The van der Waals surface area contributed by atoms with Gasteiger partial charge in [0, 0.05) is 43.8 Å². The van der Waals surface area contributed by atoms with Crippen LogP contribution in [0.15, 0.2) is 12.3 Å². The van der Waals surface area contributed by atoms with Gasteiger partial charge in [-0.2, -0.15) is 0 Å². The lowest BCUT2D eigenvalue weighted by Gasteiger charge is -2.39. The Labute approximate surface area is 129 Å². The fraction of sp³-hybridized carbons (Fsp3) is 0.765. The standard InChI is InChI=1S/C17H30N4/c1-13(2)21-11-8-14(9-12-21)20(6)15-7-10-18-16(19-15)17(3,4)5/h7,10,13-14H,8-9,11-12H2,1-6H3. The van der Waals surface area contributed by atoms with Gasteiger partial charge in [0.15, 0.2) is 0 Å². The van der Waals surface area contributed by atoms with Crippen LogP contribution < -0.4 is 4.90 Å². The average molecular weight is 290 g/mol. The number of rotatable bonds is 3. The van der Waals surface area contributed by atoms with Crippen molar-refractivity contribution in [2.75, 3.05) is 25.0 Å². The van der Waals surface area contributed by atoms with Crippen molar-refractivity contribution < 1.29 is 0 Å². The minimum Gasteiger partial charge on any atom is -0.356 e. The minimum absolute atomic E-state index is 0.00213. The van der Waals surface area contributed by atoms with E-state index in [-0.39, 0.29) is 5.41 Å². The van der Waals surface area contributed by atoms with Gasteiger partial charge in [-0.3, -0.25) is 0 Å². The van der Waals surface area contributed by atoms with Gasteiger partial charge in [0.05, 0.1) is 0 Å². The Morgan fingerprint density at radius 1 is 1.24 bits per heavy atom. The molecule has 118 valence electrons. The smallest absolute Gasteiger partial charge is 0.135 e. The molecule has 0 aromatic carbocycles. The van der Waals surface area contributed by atoms with Crippen LogP contribution in [-0.2, 0) is 5.41 Å². The summed E-state index contributed by atoms with van der Waals surface area (Å²) in [5.41, 5.74) is -0.00213. The van der Waals surface area contributed by atoms with Gasteiger partial charge in [-0.1, -0.05) is 20.8 Å². The van der Waals surface area contributed by atoms with Crippen LogP contribution in [0.4, 0.5) is 5.82 Å². The summed E-state index contributed by atoms with van der Waals surface area (Å²) >= 11 is 0. The summed E-state index contributed by atoms with van der Waals surface area (Å²) < 4.78 is 0. The van der Waals surface area contributed by atoms with Crippen molar-refractivity contribution in [3.63, 3.8) is 0 Å². The van der Waals surface area contributed by atoms with E-state index in [1.807, 2.05) is 12.3 Å². The number of nitrogens with zero attached hydrogens (tertiary/aromatic N) is 4. The Kier molecular flexibility index (Phi) is 4.87. The molecule has 1 aromatic heterocycles. The van der Waals surface area contributed by atoms with Gasteiger partial charge in [0.25, 0.3) is 0 Å². The van der Waals surface area contributed by atoms with E-state index >= 15 is 0 Å². The highest BCUT2D eigenvalue weighted by molar-refractivity contribution is 5.38. The zero-order valence-electron chi connectivity index (χ0n) is 14.4. The summed E-state index contributed by atoms with van der Waals surface area (Å²) in [5, 5.41) is 0. The van der Waals surface area contributed by atoms with E-state index < -0.39 is 0 Å². The van der Waals surface area contributed by atoms with Crippen molar-refractivity contribution in [2.24, 2.45) is 0 Å². The van der Waals surface area contributed by atoms with Gasteiger partial charge >= 0.3 is 0 Å². The number of aromatic nitrogens is 2. The summed E-state index contributed by atoms with van der Waals surface area (Å²) in [4.78, 5) is 14.1. The van der Waals surface area contributed by atoms with Crippen molar-refractivity contribution in [3.8, 4) is 0 Å². The van der Waals surface area contributed by atoms with E-state index in [0.717, 1.165) is 11.6 Å². The molecule has 4 nitrogen and oxygen atoms in total. The molecule has 0 atom stereocenters. The summed E-state index contributed by atoms with van der Waals surface area (Å²) in [5.74, 6) is 1.98. The largest absolute Gasteiger partial charge is 0.356 e. The van der Waals surface area contributed by atoms with Gasteiger partial charge in [0.1, 0.15) is 11.6 Å². The number of hydrogen-bond donors (Lipinski definition) is 0. The Hall–Kier alpha value is -1.16. The first-order chi connectivity index (χ1) is 9.79. The molecule has 0 unspecified atom stereocenters. The minimum atomic E-state index is -0.00213. The summed E-state index contributed by atoms with van der Waals surface area (Å²) in [7, 11) is 2.17. The first-order valence-corrected chi connectivity index (χ1v) is 8.09. The average Bonchev–Trinajstić information content (AvgIpc) is 2.46. The normalized spacial score (nSPS) is 18.2. The predicted molar refractivity (Wildman–Crippen MR) is 88.9 cm³/mol. The zero-order valence-corrected chi connectivity index (χ0v) is 14.4. The highest BCUT2D eigenvalue weighted by atomic mass is 15.2. The molecule has 4 heteroatoms. The van der Waals surface area contributed by atoms with Crippen molar-refractivity contribution in [1.82, 2.24) is 14.9 Å². The molecule has 0 saturated carbocycles. The lowest BCUT2D eigenvalue weighted by molar-refractivity contribution is 0.171. The van der Waals surface area contributed by atoms with Crippen LogP contribution in [0.3, 0.4) is 0 Å². The van der Waals surface area contributed by atoms with Crippen molar-refractivity contribution in [1.29, 1.82) is 0 Å². The molecule has 1 aliphatic rings. The van der Waals surface area contributed by atoms with Crippen LogP contribution in [0.2, 0.25) is 0 Å². The molecule has 21 heavy (non-hydrogen) atoms. The molecule has 0 radical (unpaired) electrons. The lowest BCUT2D eigenvalue weighted by Crippen LogP contribution is -2.46. The van der Waals surface area contributed by atoms with E-state index in [2.05, 4.69) is 56.5 Å². The maximum absolute atomic E-state index is 4.77. The fourth-order valence-electron chi connectivity index (χ4n) is 2.88. The van der Waals surface area contributed by atoms with Gasteiger partial charge in [-0.15, -0.1) is 0 Å². The summed E-state index contributed by atoms with van der Waals surface area (Å²) in [6, 6.07) is 3.27. The Morgan fingerprint density at radius 2 is 1.86 bits per heavy atom. The van der Waals surface area contributed by atoms with Crippen LogP contribution in [0.1, 0.15) is 53.3 Å². The number of anilines is 1. The Bertz CT molecular complexity index is 456. The van der Waals surface area contributed by atoms with E-state index in [1.54, 1.807) is 0 Å². The van der Waals surface area contributed by atoms with Crippen LogP contribution >= 0.6 is 0 Å². The van der Waals surface area contributed by atoms with Crippen molar-refractivity contribution >= 4 is 5.82 Å². The third-order valence-corrected chi connectivity index (χ3v) is 4.45. The number of piperidine rings is 1. The molecule has 1 aliphatic heterocycles. The van der Waals surface area contributed by atoms with Crippen LogP contribution in [0.25, 0.3) is 0 Å². The van der Waals surface area contributed by atoms with Crippen LogP contribution in [-0.4, -0.2) is 47.1 Å². The maximum Gasteiger partial charge on any atom is 0.135 e. The van der Waals surface area contributed by atoms with Gasteiger partial charge < -0.3 is 9.80 Å². The number of likely N-dealkylation sites (tertiary alicyclic amines) is 1. The lowest BCUT2D eigenvalue weighted by atomic mass is 9.96. The van der Waals surface area contributed by atoms with Gasteiger partial charge in [0.2, 0.25) is 0 Å². The summed E-state index contributed by atoms with van der Waals surface area (Å²) in [6.45, 7) is 13.4. The van der Waals surface area contributed by atoms with Gasteiger partial charge in [-0.25, -0.2) is 9.97 Å². The monoisotopic (exact) mass is 290 g/mol. The molecule has 1 fully saturated rings. The van der Waals surface area contributed by atoms with Crippen LogP contribution in [0.5, 0.6) is 0 Å². The molecule has 1 saturated heterocycles. The van der Waals surface area contributed by atoms with E-state index in [4.69, 9.17) is 4.98 Å². The molecule has 0 aliphatic carbocycles. The second-order valence-electron chi connectivity index (χ2n) is 7.46. The first-order valence-electron chi connectivity index (χ1n) is 8.09. The second kappa shape index (κ2) is 6.30. The topological polar surface area (TPSA) is 32.3 Å². The SMILES string of the molecule is CC(C)N1CCC(N(C)c2ccnc(C(C)(C)C)n2)CC1. The molecule has 0 N–H and O–H groups in total.